The average Bonchev–Trinajstić information content (AvgIpc) is 3.39. The minimum Gasteiger partial charge on any atom is -0.496 e. The highest BCUT2D eigenvalue weighted by atomic mass is 16.5. The highest BCUT2D eigenvalue weighted by Crippen LogP contribution is 2.35. The number of aromatic nitrogens is 4. The van der Waals surface area contributed by atoms with Gasteiger partial charge in [0.1, 0.15) is 16.8 Å². The lowest BCUT2D eigenvalue weighted by atomic mass is 9.81. The molecule has 2 aliphatic heterocycles. The quantitative estimate of drug-likeness (QED) is 0.427. The van der Waals surface area contributed by atoms with Gasteiger partial charge in [0.05, 0.1) is 19.9 Å². The number of ether oxygens (including phenoxy) is 1. The highest BCUT2D eigenvalue weighted by molar-refractivity contribution is 5.86. The van der Waals surface area contributed by atoms with Crippen LogP contribution >= 0.6 is 0 Å². The van der Waals surface area contributed by atoms with Crippen molar-refractivity contribution in [3.8, 4) is 5.75 Å². The van der Waals surface area contributed by atoms with Gasteiger partial charge in [0.2, 0.25) is 5.95 Å². The van der Waals surface area contributed by atoms with Gasteiger partial charge in [0, 0.05) is 43.7 Å². The highest BCUT2D eigenvalue weighted by Gasteiger charge is 2.42. The summed E-state index contributed by atoms with van der Waals surface area (Å²) in [5.74, 6) is 1.86. The maximum absolute atomic E-state index is 5.92. The molecule has 2 fully saturated rings. The Kier molecular flexibility index (Phi) is 6.07. The molecular formula is C24H34N8O. The normalized spacial score (nSPS) is 17.5. The molecule has 5 rings (SSSR count). The Morgan fingerprint density at radius 2 is 2.12 bits per heavy atom. The lowest BCUT2D eigenvalue weighted by Gasteiger charge is -2.39. The maximum Gasteiger partial charge on any atom is 0.222 e. The third kappa shape index (κ3) is 4.47. The molecule has 0 unspecified atom stereocenters. The summed E-state index contributed by atoms with van der Waals surface area (Å²) in [5, 5.41) is 11.4. The van der Waals surface area contributed by atoms with Crippen LogP contribution in [0.2, 0.25) is 0 Å². The molecule has 3 aromatic rings. The molecule has 4 heterocycles. The van der Waals surface area contributed by atoms with Crippen molar-refractivity contribution in [3.05, 3.63) is 35.5 Å². The third-order valence-corrected chi connectivity index (χ3v) is 6.92. The second kappa shape index (κ2) is 9.15. The first kappa shape index (κ1) is 21.9. The number of hydrogen-bond acceptors (Lipinski definition) is 8. The van der Waals surface area contributed by atoms with E-state index >= 15 is 0 Å². The summed E-state index contributed by atoms with van der Waals surface area (Å²) in [6, 6.07) is 6.53. The summed E-state index contributed by atoms with van der Waals surface area (Å²) < 4.78 is 7.70. The summed E-state index contributed by atoms with van der Waals surface area (Å²) in [6.45, 7) is 9.20. The standard InChI is InChI=1S/C24H34N8O/c1-3-4-8-27-22-21-19(29-23(25)30-22)11-28-32(21)13-18-6-5-17(10-20(18)33-2)12-31-9-7-24(16-31)14-26-15-24/h5-6,10-11,26H,3-4,7-9,12-16H2,1-2H3,(H3,25,27,29,30). The number of nitrogens with one attached hydrogen (secondary N) is 2. The molecule has 2 aromatic heterocycles. The van der Waals surface area contributed by atoms with E-state index in [0.717, 1.165) is 67.2 Å². The number of nitrogens with zero attached hydrogens (tertiary/aromatic N) is 5. The van der Waals surface area contributed by atoms with Gasteiger partial charge in [-0.1, -0.05) is 25.5 Å². The van der Waals surface area contributed by atoms with Crippen LogP contribution in [0.15, 0.2) is 24.4 Å². The van der Waals surface area contributed by atoms with E-state index in [9.17, 15) is 0 Å². The maximum atomic E-state index is 5.92. The summed E-state index contributed by atoms with van der Waals surface area (Å²) in [4.78, 5) is 11.4. The van der Waals surface area contributed by atoms with E-state index in [4.69, 9.17) is 10.5 Å². The Balaban J connectivity index is 1.35. The van der Waals surface area contributed by atoms with Crippen molar-refractivity contribution in [3.63, 3.8) is 0 Å². The van der Waals surface area contributed by atoms with Crippen LogP contribution in [-0.2, 0) is 13.1 Å². The Bertz CT molecular complexity index is 1120. The average molecular weight is 451 g/mol. The molecule has 9 nitrogen and oxygen atoms in total. The van der Waals surface area contributed by atoms with Crippen LogP contribution in [0, 0.1) is 5.41 Å². The molecule has 0 aliphatic carbocycles. The Hall–Kier alpha value is -2.91. The topological polar surface area (TPSA) is 106 Å². The number of nitrogen functional groups attached to an aromatic ring is 1. The molecule has 176 valence electrons. The number of nitrogens with two attached hydrogens (primary N) is 1. The van der Waals surface area contributed by atoms with E-state index < -0.39 is 0 Å². The van der Waals surface area contributed by atoms with E-state index in [0.29, 0.717) is 12.0 Å². The number of unbranched alkanes of at least 4 members (excludes halogenated alkanes) is 1. The molecule has 0 saturated carbocycles. The van der Waals surface area contributed by atoms with Gasteiger partial charge in [-0.15, -0.1) is 0 Å². The van der Waals surface area contributed by atoms with Crippen molar-refractivity contribution in [2.45, 2.75) is 39.3 Å². The monoisotopic (exact) mass is 450 g/mol. The number of fused-ring (bicyclic) bond motifs is 1. The first-order valence-corrected chi connectivity index (χ1v) is 11.9. The molecule has 9 heteroatoms. The molecular weight excluding hydrogens is 416 g/mol. The predicted molar refractivity (Wildman–Crippen MR) is 130 cm³/mol. The number of benzene rings is 1. The van der Waals surface area contributed by atoms with Gasteiger partial charge in [-0.3, -0.25) is 9.58 Å². The van der Waals surface area contributed by atoms with Crippen LogP contribution in [0.25, 0.3) is 11.0 Å². The van der Waals surface area contributed by atoms with Crippen molar-refractivity contribution < 1.29 is 4.74 Å². The van der Waals surface area contributed by atoms with E-state index in [1.54, 1.807) is 13.3 Å². The number of rotatable bonds is 9. The van der Waals surface area contributed by atoms with Crippen LogP contribution in [-0.4, -0.2) is 64.5 Å². The van der Waals surface area contributed by atoms with Crippen molar-refractivity contribution in [1.29, 1.82) is 0 Å². The molecule has 4 N–H and O–H groups in total. The predicted octanol–water partition coefficient (Wildman–Crippen LogP) is 2.47. The Labute approximate surface area is 194 Å². The number of hydrogen-bond donors (Lipinski definition) is 3. The van der Waals surface area contributed by atoms with Gasteiger partial charge in [0.15, 0.2) is 5.82 Å². The van der Waals surface area contributed by atoms with Crippen molar-refractivity contribution in [1.82, 2.24) is 30.0 Å². The SMILES string of the molecule is CCCCNc1nc(N)nc2cnn(Cc3ccc(CN4CCC5(CNC5)C4)cc3OC)c12. The molecule has 33 heavy (non-hydrogen) atoms. The third-order valence-electron chi connectivity index (χ3n) is 6.92. The summed E-state index contributed by atoms with van der Waals surface area (Å²) in [5.41, 5.74) is 10.4. The van der Waals surface area contributed by atoms with E-state index in [1.165, 1.54) is 25.1 Å². The Morgan fingerprint density at radius 1 is 1.24 bits per heavy atom. The fraction of sp³-hybridized carbons (Fsp3) is 0.542. The minimum atomic E-state index is 0.254. The van der Waals surface area contributed by atoms with Crippen molar-refractivity contribution in [2.24, 2.45) is 5.41 Å². The zero-order valence-electron chi connectivity index (χ0n) is 19.6. The zero-order chi connectivity index (χ0) is 22.8. The van der Waals surface area contributed by atoms with Gasteiger partial charge in [0.25, 0.3) is 0 Å². The van der Waals surface area contributed by atoms with Crippen LogP contribution in [0.3, 0.4) is 0 Å². The molecule has 2 aliphatic rings. The summed E-state index contributed by atoms with van der Waals surface area (Å²) in [7, 11) is 1.73. The van der Waals surface area contributed by atoms with Crippen LogP contribution in [0.4, 0.5) is 11.8 Å². The molecule has 2 saturated heterocycles. The lowest BCUT2D eigenvalue weighted by Crippen LogP contribution is -2.54. The van der Waals surface area contributed by atoms with Gasteiger partial charge >= 0.3 is 0 Å². The molecule has 1 aromatic carbocycles. The van der Waals surface area contributed by atoms with E-state index in [2.05, 4.69) is 55.7 Å². The van der Waals surface area contributed by atoms with E-state index in [1.807, 2.05) is 4.68 Å². The first-order chi connectivity index (χ1) is 16.1. The first-order valence-electron chi connectivity index (χ1n) is 11.9. The summed E-state index contributed by atoms with van der Waals surface area (Å²) in [6.07, 6.45) is 5.21. The van der Waals surface area contributed by atoms with Crippen LogP contribution in [0.1, 0.15) is 37.3 Å². The van der Waals surface area contributed by atoms with Crippen LogP contribution in [0.5, 0.6) is 5.75 Å². The van der Waals surface area contributed by atoms with Gasteiger partial charge in [-0.05, 0) is 31.0 Å². The van der Waals surface area contributed by atoms with Gasteiger partial charge in [-0.2, -0.15) is 10.1 Å². The number of anilines is 2. The second-order valence-corrected chi connectivity index (χ2v) is 9.46. The van der Waals surface area contributed by atoms with Crippen molar-refractivity contribution >= 4 is 22.8 Å². The van der Waals surface area contributed by atoms with Crippen LogP contribution < -0.4 is 21.1 Å². The smallest absolute Gasteiger partial charge is 0.222 e. The zero-order valence-corrected chi connectivity index (χ0v) is 19.6. The summed E-state index contributed by atoms with van der Waals surface area (Å²) >= 11 is 0. The Morgan fingerprint density at radius 3 is 2.85 bits per heavy atom. The molecule has 0 bridgehead atoms. The number of methoxy groups -OCH3 is 1. The number of likely N-dealkylation sites (tertiary alicyclic amines) is 1. The second-order valence-electron chi connectivity index (χ2n) is 9.46. The van der Waals surface area contributed by atoms with Gasteiger partial charge < -0.3 is 21.1 Å². The fourth-order valence-corrected chi connectivity index (χ4v) is 5.01. The minimum absolute atomic E-state index is 0.254. The van der Waals surface area contributed by atoms with Crippen molar-refractivity contribution in [2.75, 3.05) is 50.9 Å². The molecule has 0 atom stereocenters. The van der Waals surface area contributed by atoms with E-state index in [-0.39, 0.29) is 5.95 Å². The molecule has 1 spiro atoms. The molecule has 0 radical (unpaired) electrons. The largest absolute Gasteiger partial charge is 0.496 e. The molecule has 0 amide bonds. The fourth-order valence-electron chi connectivity index (χ4n) is 5.01. The lowest BCUT2D eigenvalue weighted by molar-refractivity contribution is 0.167. The van der Waals surface area contributed by atoms with Gasteiger partial charge in [-0.25, -0.2) is 4.98 Å².